The lowest BCUT2D eigenvalue weighted by Crippen LogP contribution is -2.28. The normalized spacial score (nSPS) is 18.0. The predicted molar refractivity (Wildman–Crippen MR) is 135 cm³/mol. The van der Waals surface area contributed by atoms with Crippen LogP contribution in [0.5, 0.6) is 11.6 Å². The molecule has 0 spiro atoms. The lowest BCUT2D eigenvalue weighted by molar-refractivity contribution is -0.138. The highest BCUT2D eigenvalue weighted by Crippen LogP contribution is 2.37. The third-order valence-electron chi connectivity index (χ3n) is 6.73. The molecule has 2 aliphatic rings. The summed E-state index contributed by atoms with van der Waals surface area (Å²) < 4.78 is 61.7. The quantitative estimate of drug-likeness (QED) is 0.461. The lowest BCUT2D eigenvalue weighted by atomic mass is 9.96. The second kappa shape index (κ2) is 10.3. The Balaban J connectivity index is 1.61. The van der Waals surface area contributed by atoms with Gasteiger partial charge < -0.3 is 9.84 Å². The fourth-order valence-electron chi connectivity index (χ4n) is 4.72. The molecule has 0 unspecified atom stereocenters. The Bertz CT molecular complexity index is 1580. The molecule has 200 valence electrons. The number of aromatic hydroxyl groups is 1. The van der Waals surface area contributed by atoms with Gasteiger partial charge in [-0.2, -0.15) is 23.4 Å². The van der Waals surface area contributed by atoms with Crippen LogP contribution < -0.4 is 20.2 Å². The van der Waals surface area contributed by atoms with Crippen molar-refractivity contribution in [2.45, 2.75) is 31.7 Å². The van der Waals surface area contributed by atoms with Crippen molar-refractivity contribution in [3.05, 3.63) is 78.2 Å². The van der Waals surface area contributed by atoms with E-state index >= 15 is 0 Å². The number of rotatable bonds is 7. The molecule has 2 aromatic carbocycles. The topological polar surface area (TPSA) is 79.4 Å². The fourth-order valence-corrected chi connectivity index (χ4v) is 5.69. The summed E-state index contributed by atoms with van der Waals surface area (Å²) in [5.41, 5.74) is 0.122. The highest BCUT2D eigenvalue weighted by molar-refractivity contribution is 7.10. The highest BCUT2D eigenvalue weighted by Gasteiger charge is 2.34. The lowest BCUT2D eigenvalue weighted by Gasteiger charge is -2.16. The number of ether oxygens (including phenoxy) is 1. The summed E-state index contributed by atoms with van der Waals surface area (Å²) in [6, 6.07) is 8.81. The maximum Gasteiger partial charge on any atom is 0.416 e. The van der Waals surface area contributed by atoms with E-state index < -0.39 is 22.8 Å². The van der Waals surface area contributed by atoms with Gasteiger partial charge in [-0.15, -0.1) is 0 Å². The van der Waals surface area contributed by atoms with E-state index in [0.29, 0.717) is 41.2 Å². The number of hydrogen-bond acceptors (Lipinski definition) is 7. The SMILES string of the molecule is COc1ccc(CC(c2sc(=O)n(CCN3CC[C@@H](F)C3)c2O)=c2ccc3c(c2)C=NN=3)c(C(F)(F)F)c1. The van der Waals surface area contributed by atoms with Crippen molar-refractivity contribution in [2.24, 2.45) is 10.2 Å². The molecule has 0 saturated carbocycles. The molecule has 1 atom stereocenters. The summed E-state index contributed by atoms with van der Waals surface area (Å²) in [5, 5.41) is 20.1. The summed E-state index contributed by atoms with van der Waals surface area (Å²) in [5.74, 6) is -0.263. The van der Waals surface area contributed by atoms with Crippen molar-refractivity contribution >= 4 is 23.1 Å². The molecule has 1 fully saturated rings. The Morgan fingerprint density at radius 2 is 2.03 bits per heavy atom. The zero-order valence-corrected chi connectivity index (χ0v) is 21.2. The number of methoxy groups -OCH3 is 1. The van der Waals surface area contributed by atoms with Crippen LogP contribution in [0.4, 0.5) is 17.6 Å². The van der Waals surface area contributed by atoms with Gasteiger partial charge in [0.25, 0.3) is 0 Å². The summed E-state index contributed by atoms with van der Waals surface area (Å²) in [6.07, 6.45) is -3.82. The van der Waals surface area contributed by atoms with Crippen LogP contribution in [-0.2, 0) is 19.1 Å². The van der Waals surface area contributed by atoms with E-state index in [1.54, 1.807) is 18.2 Å². The second-order valence-electron chi connectivity index (χ2n) is 9.15. The molecule has 3 aromatic rings. The first-order valence-electron chi connectivity index (χ1n) is 11.9. The van der Waals surface area contributed by atoms with Crippen LogP contribution in [0.2, 0.25) is 0 Å². The van der Waals surface area contributed by atoms with Crippen LogP contribution in [0, 0.1) is 0 Å². The largest absolute Gasteiger partial charge is 0.497 e. The van der Waals surface area contributed by atoms with E-state index in [2.05, 4.69) is 10.2 Å². The smallest absolute Gasteiger partial charge is 0.416 e. The minimum Gasteiger partial charge on any atom is -0.497 e. The molecule has 2 aliphatic heterocycles. The minimum absolute atomic E-state index is 0.0370. The Morgan fingerprint density at radius 3 is 2.74 bits per heavy atom. The first-order valence-corrected chi connectivity index (χ1v) is 12.7. The van der Waals surface area contributed by atoms with Crippen molar-refractivity contribution in [3.63, 3.8) is 0 Å². The van der Waals surface area contributed by atoms with E-state index in [-0.39, 0.29) is 41.6 Å². The standard InChI is InChI=1S/C26H24F4N4O3S/c1-37-19-4-2-16(21(12-19)26(28,29)30)11-20(15-3-5-22-17(10-15)13-31-32-22)23-24(35)34(25(36)38-23)9-8-33-7-6-18(27)14-33/h2-5,10,12-13,18,35H,6-9,11,14H2,1H3/t18-/m1/s1. The number of aromatic nitrogens is 1. The van der Waals surface area contributed by atoms with Crippen LogP contribution in [0.25, 0.3) is 5.57 Å². The number of thiazole rings is 1. The van der Waals surface area contributed by atoms with Crippen molar-refractivity contribution < 1.29 is 27.4 Å². The van der Waals surface area contributed by atoms with Gasteiger partial charge in [-0.05, 0) is 47.0 Å². The van der Waals surface area contributed by atoms with Gasteiger partial charge in [-0.3, -0.25) is 14.3 Å². The average molecular weight is 549 g/mol. The summed E-state index contributed by atoms with van der Waals surface area (Å²) in [4.78, 5) is 14.5. The Hall–Kier alpha value is -3.51. The third-order valence-corrected chi connectivity index (χ3v) is 7.75. The Morgan fingerprint density at radius 1 is 1.21 bits per heavy atom. The van der Waals surface area contributed by atoms with E-state index in [9.17, 15) is 27.5 Å². The van der Waals surface area contributed by atoms with Gasteiger partial charge in [0.15, 0.2) is 0 Å². The van der Waals surface area contributed by atoms with Gasteiger partial charge in [-0.25, -0.2) is 4.39 Å². The van der Waals surface area contributed by atoms with Crippen LogP contribution in [0.1, 0.15) is 28.0 Å². The summed E-state index contributed by atoms with van der Waals surface area (Å²) >= 11 is 0.765. The van der Waals surface area contributed by atoms with Crippen LogP contribution >= 0.6 is 11.3 Å². The van der Waals surface area contributed by atoms with Gasteiger partial charge in [0.1, 0.15) is 11.9 Å². The molecular formula is C26H24F4N4O3S. The van der Waals surface area contributed by atoms with Crippen LogP contribution in [0.3, 0.4) is 0 Å². The second-order valence-corrected chi connectivity index (χ2v) is 10.1. The maximum atomic E-state index is 14.0. The molecule has 0 amide bonds. The van der Waals surface area contributed by atoms with Gasteiger partial charge in [0.2, 0.25) is 5.88 Å². The van der Waals surface area contributed by atoms with Crippen molar-refractivity contribution in [1.29, 1.82) is 0 Å². The molecule has 0 radical (unpaired) electrons. The van der Waals surface area contributed by atoms with Gasteiger partial charge >= 0.3 is 11.0 Å². The Labute approximate surface area is 218 Å². The minimum atomic E-state index is -4.65. The number of benzene rings is 2. The summed E-state index contributed by atoms with van der Waals surface area (Å²) in [7, 11) is 1.29. The average Bonchev–Trinajstić information content (AvgIpc) is 3.59. The van der Waals surface area contributed by atoms with Gasteiger partial charge in [-0.1, -0.05) is 23.5 Å². The number of alkyl halides is 4. The molecule has 7 nitrogen and oxygen atoms in total. The maximum absolute atomic E-state index is 14.0. The van der Waals surface area contributed by atoms with Crippen molar-refractivity contribution in [2.75, 3.05) is 26.7 Å². The number of nitrogens with zero attached hydrogens (tertiary/aromatic N) is 4. The molecule has 0 bridgehead atoms. The molecule has 5 rings (SSSR count). The van der Waals surface area contributed by atoms with Crippen LogP contribution in [0.15, 0.2) is 51.4 Å². The molecule has 1 N–H and O–H groups in total. The van der Waals surface area contributed by atoms with E-state index in [1.807, 2.05) is 4.90 Å². The molecule has 38 heavy (non-hydrogen) atoms. The van der Waals surface area contributed by atoms with E-state index in [4.69, 9.17) is 4.74 Å². The van der Waals surface area contributed by atoms with Crippen LogP contribution in [-0.4, -0.2) is 53.7 Å². The number of hydrogen-bond donors (Lipinski definition) is 1. The van der Waals surface area contributed by atoms with Crippen molar-refractivity contribution in [1.82, 2.24) is 9.47 Å². The predicted octanol–water partition coefficient (Wildman–Crippen LogP) is 3.10. The van der Waals surface area contributed by atoms with Gasteiger partial charge in [0.05, 0.1) is 29.1 Å². The highest BCUT2D eigenvalue weighted by atomic mass is 32.1. The zero-order valence-electron chi connectivity index (χ0n) is 20.3. The molecule has 12 heteroatoms. The molecular weight excluding hydrogens is 524 g/mol. The molecule has 0 aliphatic carbocycles. The van der Waals surface area contributed by atoms with E-state index in [1.165, 1.54) is 30.0 Å². The third kappa shape index (κ3) is 5.23. The summed E-state index contributed by atoms with van der Waals surface area (Å²) in [6.45, 7) is 1.33. The monoisotopic (exact) mass is 548 g/mol. The number of fused-ring (bicyclic) bond motifs is 1. The van der Waals surface area contributed by atoms with Crippen molar-refractivity contribution in [3.8, 4) is 11.6 Å². The fraction of sp³-hybridized carbons (Fsp3) is 0.346. The molecule has 1 aromatic heterocycles. The Kier molecular flexibility index (Phi) is 7.10. The number of halogens is 4. The molecule has 1 saturated heterocycles. The first kappa shape index (κ1) is 26.1. The zero-order chi connectivity index (χ0) is 27.0. The number of likely N-dealkylation sites (tertiary alicyclic amines) is 1. The molecule has 3 heterocycles. The van der Waals surface area contributed by atoms with Gasteiger partial charge in [0, 0.05) is 38.2 Å². The first-order chi connectivity index (χ1) is 18.1. The van der Waals surface area contributed by atoms with E-state index in [0.717, 1.165) is 17.4 Å².